The lowest BCUT2D eigenvalue weighted by molar-refractivity contribution is 0.696. The zero-order chi connectivity index (χ0) is 11.4. The summed E-state index contributed by atoms with van der Waals surface area (Å²) < 4.78 is 0. The van der Waals surface area contributed by atoms with Gasteiger partial charge in [-0.3, -0.25) is 0 Å². The third-order valence-electron chi connectivity index (χ3n) is 2.46. The zero-order valence-corrected chi connectivity index (χ0v) is 10.3. The summed E-state index contributed by atoms with van der Waals surface area (Å²) in [6.45, 7) is 6.04. The Morgan fingerprint density at radius 1 is 1.19 bits per heavy atom. The second-order valence-electron chi connectivity index (χ2n) is 3.80. The molecule has 0 unspecified atom stereocenters. The van der Waals surface area contributed by atoms with Crippen LogP contribution in [0.5, 0.6) is 0 Å². The monoisotopic (exact) mass is 233 g/mol. The minimum atomic E-state index is 0.816. The van der Waals surface area contributed by atoms with E-state index in [9.17, 15) is 0 Å². The molecule has 0 aliphatic rings. The molecule has 0 atom stereocenters. The number of nitrogens with zero attached hydrogens (tertiary/aromatic N) is 2. The predicted octanol–water partition coefficient (Wildman–Crippen LogP) is 2.44. The summed E-state index contributed by atoms with van der Waals surface area (Å²) >= 11 is 1.86. The molecule has 0 fully saturated rings. The van der Waals surface area contributed by atoms with Crippen LogP contribution >= 0.6 is 11.3 Å². The summed E-state index contributed by atoms with van der Waals surface area (Å²) in [7, 11) is 0. The lowest BCUT2D eigenvalue weighted by Gasteiger charge is -2.01. The molecule has 3 nitrogen and oxygen atoms in total. The number of hydrogen-bond donors (Lipinski definition) is 1. The van der Waals surface area contributed by atoms with Crippen LogP contribution < -0.4 is 5.32 Å². The molecule has 0 radical (unpaired) electrons. The van der Waals surface area contributed by atoms with Crippen LogP contribution in [-0.2, 0) is 13.1 Å². The Bertz CT molecular complexity index is 431. The highest BCUT2D eigenvalue weighted by Crippen LogP contribution is 2.20. The number of thiophene rings is 1. The van der Waals surface area contributed by atoms with Gasteiger partial charge in [0.25, 0.3) is 0 Å². The SMILES string of the molecule is Cc1cc(CNCc2cncnc2)sc1C. The maximum atomic E-state index is 3.98. The molecule has 2 rings (SSSR count). The summed E-state index contributed by atoms with van der Waals surface area (Å²) in [5.41, 5.74) is 2.50. The molecule has 2 heterocycles. The van der Waals surface area contributed by atoms with Crippen molar-refractivity contribution in [2.75, 3.05) is 0 Å². The number of aromatic nitrogens is 2. The Kier molecular flexibility index (Phi) is 3.64. The third kappa shape index (κ3) is 2.87. The molecule has 0 aliphatic heterocycles. The van der Waals surface area contributed by atoms with Crippen molar-refractivity contribution >= 4 is 11.3 Å². The largest absolute Gasteiger partial charge is 0.308 e. The van der Waals surface area contributed by atoms with Crippen LogP contribution in [0.25, 0.3) is 0 Å². The fourth-order valence-electron chi connectivity index (χ4n) is 1.49. The number of nitrogens with one attached hydrogen (secondary N) is 1. The molecule has 4 heteroatoms. The van der Waals surface area contributed by atoms with E-state index in [0.29, 0.717) is 0 Å². The van der Waals surface area contributed by atoms with Gasteiger partial charge in [0.05, 0.1) is 0 Å². The lowest BCUT2D eigenvalue weighted by atomic mass is 10.3. The molecule has 0 bridgehead atoms. The van der Waals surface area contributed by atoms with Crippen molar-refractivity contribution in [1.82, 2.24) is 15.3 Å². The number of hydrogen-bond acceptors (Lipinski definition) is 4. The Labute approximate surface area is 99.6 Å². The Morgan fingerprint density at radius 2 is 1.94 bits per heavy atom. The highest BCUT2D eigenvalue weighted by atomic mass is 32.1. The van der Waals surface area contributed by atoms with E-state index < -0.39 is 0 Å². The van der Waals surface area contributed by atoms with Gasteiger partial charge in [-0.05, 0) is 25.5 Å². The Balaban J connectivity index is 1.84. The summed E-state index contributed by atoms with van der Waals surface area (Å²) in [6, 6.07) is 2.24. The normalized spacial score (nSPS) is 10.6. The molecule has 16 heavy (non-hydrogen) atoms. The Hall–Kier alpha value is -1.26. The van der Waals surface area contributed by atoms with E-state index in [-0.39, 0.29) is 0 Å². The van der Waals surface area contributed by atoms with Crippen molar-refractivity contribution < 1.29 is 0 Å². The van der Waals surface area contributed by atoms with Crippen LogP contribution in [0.2, 0.25) is 0 Å². The van der Waals surface area contributed by atoms with E-state index in [1.165, 1.54) is 15.3 Å². The van der Waals surface area contributed by atoms with Crippen LogP contribution in [0.4, 0.5) is 0 Å². The standard InChI is InChI=1S/C12H15N3S/c1-9-3-12(16-10(9)2)7-13-4-11-5-14-8-15-6-11/h3,5-6,8,13H,4,7H2,1-2H3. The second kappa shape index (κ2) is 5.18. The van der Waals surface area contributed by atoms with Gasteiger partial charge in [0, 0.05) is 40.8 Å². The maximum absolute atomic E-state index is 3.98. The summed E-state index contributed by atoms with van der Waals surface area (Å²) in [5.74, 6) is 0. The van der Waals surface area contributed by atoms with E-state index in [2.05, 4.69) is 35.2 Å². The molecule has 0 spiro atoms. The Morgan fingerprint density at radius 3 is 2.56 bits per heavy atom. The summed E-state index contributed by atoms with van der Waals surface area (Å²) in [4.78, 5) is 10.7. The van der Waals surface area contributed by atoms with Gasteiger partial charge in [-0.1, -0.05) is 0 Å². The quantitative estimate of drug-likeness (QED) is 0.881. The molecule has 84 valence electrons. The first kappa shape index (κ1) is 11.2. The average Bonchev–Trinajstić information content (AvgIpc) is 2.60. The van der Waals surface area contributed by atoms with Gasteiger partial charge in [-0.15, -0.1) is 11.3 Å². The minimum absolute atomic E-state index is 0.816. The molecule has 2 aromatic heterocycles. The summed E-state index contributed by atoms with van der Waals surface area (Å²) in [6.07, 6.45) is 5.23. The first-order valence-corrected chi connectivity index (χ1v) is 6.08. The van der Waals surface area contributed by atoms with Crippen molar-refractivity contribution in [3.8, 4) is 0 Å². The van der Waals surface area contributed by atoms with Crippen LogP contribution in [0.1, 0.15) is 20.9 Å². The first-order chi connectivity index (χ1) is 7.75. The van der Waals surface area contributed by atoms with E-state index >= 15 is 0 Å². The fourth-order valence-corrected chi connectivity index (χ4v) is 2.51. The van der Waals surface area contributed by atoms with Crippen molar-refractivity contribution in [3.05, 3.63) is 45.7 Å². The van der Waals surface area contributed by atoms with Gasteiger partial charge in [0.2, 0.25) is 0 Å². The average molecular weight is 233 g/mol. The van der Waals surface area contributed by atoms with Gasteiger partial charge in [0.1, 0.15) is 6.33 Å². The molecular formula is C12H15N3S. The molecule has 0 aromatic carbocycles. The van der Waals surface area contributed by atoms with Crippen molar-refractivity contribution in [3.63, 3.8) is 0 Å². The molecule has 0 aliphatic carbocycles. The van der Waals surface area contributed by atoms with Gasteiger partial charge in [-0.2, -0.15) is 0 Å². The lowest BCUT2D eigenvalue weighted by Crippen LogP contribution is -2.11. The molecule has 0 saturated heterocycles. The topological polar surface area (TPSA) is 37.8 Å². The fraction of sp³-hybridized carbons (Fsp3) is 0.333. The van der Waals surface area contributed by atoms with Gasteiger partial charge in [-0.25, -0.2) is 9.97 Å². The van der Waals surface area contributed by atoms with Crippen LogP contribution in [-0.4, -0.2) is 9.97 Å². The van der Waals surface area contributed by atoms with E-state index in [0.717, 1.165) is 18.7 Å². The minimum Gasteiger partial charge on any atom is -0.308 e. The van der Waals surface area contributed by atoms with E-state index in [1.54, 1.807) is 6.33 Å². The highest BCUT2D eigenvalue weighted by molar-refractivity contribution is 7.12. The number of rotatable bonds is 4. The smallest absolute Gasteiger partial charge is 0.115 e. The molecular weight excluding hydrogens is 218 g/mol. The molecule has 1 N–H and O–H groups in total. The van der Waals surface area contributed by atoms with Crippen molar-refractivity contribution in [1.29, 1.82) is 0 Å². The van der Waals surface area contributed by atoms with Gasteiger partial charge >= 0.3 is 0 Å². The molecule has 0 amide bonds. The first-order valence-electron chi connectivity index (χ1n) is 5.26. The summed E-state index contributed by atoms with van der Waals surface area (Å²) in [5, 5.41) is 3.39. The zero-order valence-electron chi connectivity index (χ0n) is 9.53. The van der Waals surface area contributed by atoms with E-state index in [4.69, 9.17) is 0 Å². The molecule has 2 aromatic rings. The van der Waals surface area contributed by atoms with Crippen LogP contribution in [0.3, 0.4) is 0 Å². The van der Waals surface area contributed by atoms with Crippen molar-refractivity contribution in [2.45, 2.75) is 26.9 Å². The second-order valence-corrected chi connectivity index (χ2v) is 5.14. The van der Waals surface area contributed by atoms with Crippen LogP contribution in [0, 0.1) is 13.8 Å². The highest BCUT2D eigenvalue weighted by Gasteiger charge is 2.01. The third-order valence-corrected chi connectivity index (χ3v) is 3.61. The number of aryl methyl sites for hydroxylation is 2. The van der Waals surface area contributed by atoms with Gasteiger partial charge in [0.15, 0.2) is 0 Å². The molecule has 0 saturated carbocycles. The van der Waals surface area contributed by atoms with Crippen LogP contribution in [0.15, 0.2) is 24.8 Å². The van der Waals surface area contributed by atoms with E-state index in [1.807, 2.05) is 23.7 Å². The van der Waals surface area contributed by atoms with Gasteiger partial charge < -0.3 is 5.32 Å². The van der Waals surface area contributed by atoms with Crippen molar-refractivity contribution in [2.24, 2.45) is 0 Å². The predicted molar refractivity (Wildman–Crippen MR) is 66.4 cm³/mol. The maximum Gasteiger partial charge on any atom is 0.115 e.